The van der Waals surface area contributed by atoms with Gasteiger partial charge in [-0.3, -0.25) is 9.59 Å². The number of aryl methyl sites for hydroxylation is 2. The summed E-state index contributed by atoms with van der Waals surface area (Å²) in [4.78, 5) is 31.6. The molecule has 0 aliphatic carbocycles. The molecule has 0 aromatic heterocycles. The molecule has 2 fully saturated rings. The number of rotatable bonds is 3. The van der Waals surface area contributed by atoms with E-state index in [0.29, 0.717) is 26.1 Å². The number of hydrogen-bond donors (Lipinski definition) is 0. The van der Waals surface area contributed by atoms with Crippen molar-refractivity contribution in [2.45, 2.75) is 27.2 Å². The highest BCUT2D eigenvalue weighted by Crippen LogP contribution is 2.28. The molecule has 29 heavy (non-hydrogen) atoms. The van der Waals surface area contributed by atoms with Gasteiger partial charge in [0.25, 0.3) is 0 Å². The van der Waals surface area contributed by atoms with E-state index in [1.54, 1.807) is 4.90 Å². The van der Waals surface area contributed by atoms with Gasteiger partial charge in [0.2, 0.25) is 11.8 Å². The third-order valence-electron chi connectivity index (χ3n) is 6.33. The van der Waals surface area contributed by atoms with Crippen LogP contribution >= 0.6 is 0 Å². The van der Waals surface area contributed by atoms with Crippen LogP contribution in [0.25, 0.3) is 0 Å². The van der Waals surface area contributed by atoms with Crippen LogP contribution in [0.1, 0.15) is 23.1 Å². The molecule has 2 aliphatic heterocycles. The lowest BCUT2D eigenvalue weighted by atomic mass is 10.1. The monoisotopic (exact) mass is 391 g/mol. The number of nitrogens with zero attached hydrogens (tertiary/aromatic N) is 3. The summed E-state index contributed by atoms with van der Waals surface area (Å²) in [5.41, 5.74) is 5.91. The van der Waals surface area contributed by atoms with Crippen molar-refractivity contribution in [2.24, 2.45) is 5.92 Å². The SMILES string of the molecule is Cc1ccc(N2C[C@@H](C(=O)N3CCN(c4cccc(C)c4C)CC3)CC2=O)cc1. The summed E-state index contributed by atoms with van der Waals surface area (Å²) in [6, 6.07) is 14.3. The van der Waals surface area contributed by atoms with Gasteiger partial charge in [-0.25, -0.2) is 0 Å². The molecule has 0 bridgehead atoms. The average molecular weight is 392 g/mol. The van der Waals surface area contributed by atoms with E-state index in [1.807, 2.05) is 36.1 Å². The minimum absolute atomic E-state index is 0.0428. The maximum absolute atomic E-state index is 13.1. The van der Waals surface area contributed by atoms with Gasteiger partial charge in [-0.05, 0) is 50.1 Å². The van der Waals surface area contributed by atoms with Crippen molar-refractivity contribution in [3.63, 3.8) is 0 Å². The van der Waals surface area contributed by atoms with Crippen molar-refractivity contribution in [2.75, 3.05) is 42.5 Å². The fourth-order valence-corrected chi connectivity index (χ4v) is 4.35. The topological polar surface area (TPSA) is 43.9 Å². The minimum atomic E-state index is -0.240. The Bertz CT molecular complexity index is 914. The Kier molecular flexibility index (Phi) is 5.31. The number of anilines is 2. The van der Waals surface area contributed by atoms with Gasteiger partial charge in [0.15, 0.2) is 0 Å². The summed E-state index contributed by atoms with van der Waals surface area (Å²) in [7, 11) is 0. The van der Waals surface area contributed by atoms with Crippen LogP contribution < -0.4 is 9.80 Å². The van der Waals surface area contributed by atoms with E-state index in [0.717, 1.165) is 24.3 Å². The maximum Gasteiger partial charge on any atom is 0.228 e. The summed E-state index contributed by atoms with van der Waals surface area (Å²) in [5.74, 6) is -0.0779. The van der Waals surface area contributed by atoms with Gasteiger partial charge in [0.1, 0.15) is 0 Å². The number of piperazine rings is 1. The predicted molar refractivity (Wildman–Crippen MR) is 116 cm³/mol. The van der Waals surface area contributed by atoms with E-state index in [-0.39, 0.29) is 17.7 Å². The molecule has 2 aliphatic rings. The lowest BCUT2D eigenvalue weighted by molar-refractivity contribution is -0.136. The van der Waals surface area contributed by atoms with Crippen molar-refractivity contribution >= 4 is 23.2 Å². The normalized spacial score (nSPS) is 19.8. The van der Waals surface area contributed by atoms with Crippen LogP contribution in [-0.4, -0.2) is 49.4 Å². The fraction of sp³-hybridized carbons (Fsp3) is 0.417. The Hall–Kier alpha value is -2.82. The smallest absolute Gasteiger partial charge is 0.228 e. The van der Waals surface area contributed by atoms with Crippen molar-refractivity contribution in [1.82, 2.24) is 4.90 Å². The molecule has 2 heterocycles. The van der Waals surface area contributed by atoms with Gasteiger partial charge in [-0.2, -0.15) is 0 Å². The Morgan fingerprint density at radius 3 is 2.31 bits per heavy atom. The van der Waals surface area contributed by atoms with E-state index in [9.17, 15) is 9.59 Å². The van der Waals surface area contributed by atoms with Crippen LogP contribution in [0.2, 0.25) is 0 Å². The van der Waals surface area contributed by atoms with Gasteiger partial charge in [-0.1, -0.05) is 29.8 Å². The zero-order chi connectivity index (χ0) is 20.5. The third kappa shape index (κ3) is 3.86. The van der Waals surface area contributed by atoms with Gasteiger partial charge in [-0.15, -0.1) is 0 Å². The van der Waals surface area contributed by atoms with Gasteiger partial charge < -0.3 is 14.7 Å². The van der Waals surface area contributed by atoms with Crippen molar-refractivity contribution in [3.05, 3.63) is 59.2 Å². The number of carbonyl (C=O) groups excluding carboxylic acids is 2. The first-order valence-corrected chi connectivity index (χ1v) is 10.4. The van der Waals surface area contributed by atoms with E-state index in [4.69, 9.17) is 0 Å². The summed E-state index contributed by atoms with van der Waals surface area (Å²) >= 11 is 0. The van der Waals surface area contributed by atoms with Crippen molar-refractivity contribution < 1.29 is 9.59 Å². The molecule has 2 aromatic rings. The summed E-state index contributed by atoms with van der Waals surface area (Å²) in [5, 5.41) is 0. The molecule has 4 rings (SSSR count). The number of amides is 2. The molecule has 0 unspecified atom stereocenters. The molecule has 5 heteroatoms. The first-order valence-electron chi connectivity index (χ1n) is 10.4. The van der Waals surface area contributed by atoms with Crippen LogP contribution in [0.4, 0.5) is 11.4 Å². The zero-order valence-electron chi connectivity index (χ0n) is 17.5. The Balaban J connectivity index is 1.38. The van der Waals surface area contributed by atoms with Crippen LogP contribution in [0.3, 0.4) is 0 Å². The van der Waals surface area contributed by atoms with Gasteiger partial charge in [0.05, 0.1) is 5.92 Å². The van der Waals surface area contributed by atoms with Crippen LogP contribution in [0, 0.1) is 26.7 Å². The first-order chi connectivity index (χ1) is 13.9. The van der Waals surface area contributed by atoms with Gasteiger partial charge >= 0.3 is 0 Å². The summed E-state index contributed by atoms with van der Waals surface area (Å²) in [6.07, 6.45) is 0.309. The molecule has 152 valence electrons. The van der Waals surface area contributed by atoms with Crippen molar-refractivity contribution in [1.29, 1.82) is 0 Å². The number of hydrogen-bond acceptors (Lipinski definition) is 3. The lowest BCUT2D eigenvalue weighted by Gasteiger charge is -2.38. The molecule has 1 atom stereocenters. The van der Waals surface area contributed by atoms with E-state index in [1.165, 1.54) is 16.8 Å². The Morgan fingerprint density at radius 1 is 0.931 bits per heavy atom. The zero-order valence-corrected chi connectivity index (χ0v) is 17.5. The predicted octanol–water partition coefficient (Wildman–Crippen LogP) is 3.31. The molecule has 2 amide bonds. The van der Waals surface area contributed by atoms with E-state index in [2.05, 4.69) is 36.9 Å². The fourth-order valence-electron chi connectivity index (χ4n) is 4.35. The highest BCUT2D eigenvalue weighted by atomic mass is 16.2. The minimum Gasteiger partial charge on any atom is -0.368 e. The van der Waals surface area contributed by atoms with Crippen LogP contribution in [-0.2, 0) is 9.59 Å². The van der Waals surface area contributed by atoms with E-state index >= 15 is 0 Å². The lowest BCUT2D eigenvalue weighted by Crippen LogP contribution is -2.51. The second kappa shape index (κ2) is 7.90. The Morgan fingerprint density at radius 2 is 1.62 bits per heavy atom. The highest BCUT2D eigenvalue weighted by Gasteiger charge is 2.38. The highest BCUT2D eigenvalue weighted by molar-refractivity contribution is 6.00. The quantitative estimate of drug-likeness (QED) is 0.806. The number of benzene rings is 2. The molecule has 2 aromatic carbocycles. The average Bonchev–Trinajstić information content (AvgIpc) is 3.12. The first kappa shape index (κ1) is 19.5. The molecule has 5 nitrogen and oxygen atoms in total. The summed E-state index contributed by atoms with van der Waals surface area (Å²) < 4.78 is 0. The molecule has 2 saturated heterocycles. The van der Waals surface area contributed by atoms with Crippen LogP contribution in [0.15, 0.2) is 42.5 Å². The van der Waals surface area contributed by atoms with Crippen LogP contribution in [0.5, 0.6) is 0 Å². The standard InChI is InChI=1S/C24H29N3O2/c1-17-7-9-21(10-8-17)27-16-20(15-23(27)28)24(29)26-13-11-25(12-14-26)22-6-4-5-18(2)19(22)3/h4-10,20H,11-16H2,1-3H3/t20-/m0/s1. The molecular formula is C24H29N3O2. The largest absolute Gasteiger partial charge is 0.368 e. The molecular weight excluding hydrogens is 362 g/mol. The van der Waals surface area contributed by atoms with Crippen molar-refractivity contribution in [3.8, 4) is 0 Å². The maximum atomic E-state index is 13.1. The third-order valence-corrected chi connectivity index (χ3v) is 6.33. The number of carbonyl (C=O) groups is 2. The molecule has 0 saturated carbocycles. The van der Waals surface area contributed by atoms with Gasteiger partial charge in [0, 0.05) is 50.5 Å². The second-order valence-electron chi connectivity index (χ2n) is 8.27. The second-order valence-corrected chi connectivity index (χ2v) is 8.27. The molecule has 0 N–H and O–H groups in total. The molecule has 0 spiro atoms. The molecule has 0 radical (unpaired) electrons. The van der Waals surface area contributed by atoms with E-state index < -0.39 is 0 Å². The Labute approximate surface area is 172 Å². The summed E-state index contributed by atoms with van der Waals surface area (Å²) in [6.45, 7) is 9.89.